The lowest BCUT2D eigenvalue weighted by atomic mass is 10.1. The zero-order valence-electron chi connectivity index (χ0n) is 12.0. The maximum atomic E-state index is 12.9. The zero-order chi connectivity index (χ0) is 14.9. The van der Waals surface area contributed by atoms with Gasteiger partial charge in [-0.2, -0.15) is 0 Å². The number of likely N-dealkylation sites (tertiary alicyclic amines) is 1. The van der Waals surface area contributed by atoms with E-state index in [0.717, 1.165) is 25.1 Å². The van der Waals surface area contributed by atoms with Gasteiger partial charge in [-0.3, -0.25) is 9.78 Å². The molecule has 0 aromatic carbocycles. The fourth-order valence-corrected chi connectivity index (χ4v) is 3.92. The highest BCUT2D eigenvalue weighted by Gasteiger charge is 2.34. The van der Waals surface area contributed by atoms with Crippen LogP contribution >= 0.6 is 11.3 Å². The summed E-state index contributed by atoms with van der Waals surface area (Å²) >= 11 is 1.40. The summed E-state index contributed by atoms with van der Waals surface area (Å²) in [4.78, 5) is 19.9. The number of pyridine rings is 1. The summed E-state index contributed by atoms with van der Waals surface area (Å²) in [5.41, 5.74) is 0.955. The van der Waals surface area contributed by atoms with Crippen molar-refractivity contribution in [2.45, 2.75) is 18.9 Å². The molecule has 0 N–H and O–H groups in total. The van der Waals surface area contributed by atoms with Gasteiger partial charge in [-0.05, 0) is 25.0 Å². The monoisotopic (exact) mass is 316 g/mol. The van der Waals surface area contributed by atoms with Crippen LogP contribution in [-0.2, 0) is 0 Å². The fourth-order valence-electron chi connectivity index (χ4n) is 3.03. The number of thiophene rings is 1. The van der Waals surface area contributed by atoms with E-state index in [4.69, 9.17) is 9.47 Å². The van der Waals surface area contributed by atoms with E-state index in [1.165, 1.54) is 11.3 Å². The third kappa shape index (κ3) is 2.23. The largest absolute Gasteiger partial charge is 0.485 e. The first-order valence-electron chi connectivity index (χ1n) is 7.43. The maximum Gasteiger partial charge on any atom is 0.268 e. The highest BCUT2D eigenvalue weighted by atomic mass is 32.1. The third-order valence-electron chi connectivity index (χ3n) is 4.04. The number of hydrogen-bond acceptors (Lipinski definition) is 5. The molecule has 1 amide bonds. The van der Waals surface area contributed by atoms with Gasteiger partial charge >= 0.3 is 0 Å². The Kier molecular flexibility index (Phi) is 3.46. The molecule has 0 aliphatic carbocycles. The number of aromatic nitrogens is 1. The predicted octanol–water partition coefficient (Wildman–Crippen LogP) is 2.89. The van der Waals surface area contributed by atoms with E-state index in [1.54, 1.807) is 6.20 Å². The van der Waals surface area contributed by atoms with Gasteiger partial charge in [0.1, 0.15) is 18.1 Å². The van der Waals surface area contributed by atoms with Gasteiger partial charge in [-0.25, -0.2) is 0 Å². The minimum Gasteiger partial charge on any atom is -0.485 e. The smallest absolute Gasteiger partial charge is 0.268 e. The van der Waals surface area contributed by atoms with Gasteiger partial charge in [0.05, 0.1) is 11.7 Å². The molecular weight excluding hydrogens is 300 g/mol. The van der Waals surface area contributed by atoms with E-state index in [0.29, 0.717) is 29.6 Å². The molecule has 0 unspecified atom stereocenters. The highest BCUT2D eigenvalue weighted by Crippen LogP contribution is 2.42. The van der Waals surface area contributed by atoms with Crippen molar-refractivity contribution < 1.29 is 14.3 Å². The lowest BCUT2D eigenvalue weighted by Gasteiger charge is -2.24. The van der Waals surface area contributed by atoms with Crippen LogP contribution in [0.5, 0.6) is 11.5 Å². The van der Waals surface area contributed by atoms with E-state index in [-0.39, 0.29) is 11.9 Å². The quantitative estimate of drug-likeness (QED) is 0.855. The van der Waals surface area contributed by atoms with Crippen LogP contribution in [0, 0.1) is 0 Å². The van der Waals surface area contributed by atoms with Crippen molar-refractivity contribution in [1.29, 1.82) is 0 Å². The molecule has 4 rings (SSSR count). The Morgan fingerprint density at radius 3 is 3.09 bits per heavy atom. The minimum atomic E-state index is 0.0184. The average Bonchev–Trinajstić information content (AvgIpc) is 3.22. The van der Waals surface area contributed by atoms with Crippen LogP contribution in [0.2, 0.25) is 0 Å². The molecule has 0 bridgehead atoms. The van der Waals surface area contributed by atoms with Gasteiger partial charge < -0.3 is 14.4 Å². The van der Waals surface area contributed by atoms with Crippen molar-refractivity contribution in [3.8, 4) is 11.5 Å². The number of carbonyl (C=O) groups is 1. The Morgan fingerprint density at radius 1 is 1.32 bits per heavy atom. The molecular formula is C16H16N2O3S. The zero-order valence-corrected chi connectivity index (χ0v) is 12.8. The number of carbonyl (C=O) groups excluding carboxylic acids is 1. The summed E-state index contributed by atoms with van der Waals surface area (Å²) in [6.45, 7) is 1.79. The molecule has 114 valence electrons. The Balaban J connectivity index is 1.63. The first kappa shape index (κ1) is 13.6. The summed E-state index contributed by atoms with van der Waals surface area (Å²) in [6, 6.07) is 5.90. The topological polar surface area (TPSA) is 51.7 Å². The molecule has 2 aliphatic rings. The first-order valence-corrected chi connectivity index (χ1v) is 8.31. The van der Waals surface area contributed by atoms with Crippen LogP contribution in [0.25, 0.3) is 0 Å². The number of nitrogens with zero attached hydrogens (tertiary/aromatic N) is 2. The maximum absolute atomic E-state index is 12.9. The van der Waals surface area contributed by atoms with Gasteiger partial charge in [-0.1, -0.05) is 6.07 Å². The third-order valence-corrected chi connectivity index (χ3v) is 4.97. The molecule has 4 heterocycles. The second-order valence-electron chi connectivity index (χ2n) is 5.37. The Hall–Kier alpha value is -2.08. The van der Waals surface area contributed by atoms with E-state index < -0.39 is 0 Å². The second-order valence-corrected chi connectivity index (χ2v) is 6.25. The lowest BCUT2D eigenvalue weighted by Crippen LogP contribution is -2.31. The molecule has 6 heteroatoms. The summed E-state index contributed by atoms with van der Waals surface area (Å²) in [5, 5.41) is 1.85. The molecule has 0 radical (unpaired) electrons. The molecule has 2 aromatic heterocycles. The van der Waals surface area contributed by atoms with Crippen molar-refractivity contribution in [3.63, 3.8) is 0 Å². The number of amides is 1. The van der Waals surface area contributed by atoms with Gasteiger partial charge in [0.2, 0.25) is 0 Å². The van der Waals surface area contributed by atoms with Gasteiger partial charge in [0, 0.05) is 18.1 Å². The molecule has 0 spiro atoms. The van der Waals surface area contributed by atoms with Crippen LogP contribution in [0.15, 0.2) is 29.8 Å². The van der Waals surface area contributed by atoms with Crippen molar-refractivity contribution in [2.75, 3.05) is 19.8 Å². The molecule has 2 aliphatic heterocycles. The lowest BCUT2D eigenvalue weighted by molar-refractivity contribution is 0.0729. The van der Waals surface area contributed by atoms with Crippen LogP contribution in [-0.4, -0.2) is 35.5 Å². The Labute approximate surface area is 132 Å². The second kappa shape index (κ2) is 5.61. The van der Waals surface area contributed by atoms with Crippen LogP contribution in [0.4, 0.5) is 0 Å². The predicted molar refractivity (Wildman–Crippen MR) is 82.6 cm³/mol. The van der Waals surface area contributed by atoms with Gasteiger partial charge in [-0.15, -0.1) is 11.3 Å². The van der Waals surface area contributed by atoms with E-state index in [9.17, 15) is 4.79 Å². The van der Waals surface area contributed by atoms with Crippen LogP contribution in [0.3, 0.4) is 0 Å². The normalized spacial score (nSPS) is 20.2. The molecule has 0 saturated carbocycles. The molecule has 1 fully saturated rings. The highest BCUT2D eigenvalue weighted by molar-refractivity contribution is 7.12. The summed E-state index contributed by atoms with van der Waals surface area (Å²) in [7, 11) is 0. The molecule has 22 heavy (non-hydrogen) atoms. The number of ether oxygens (including phenoxy) is 2. The van der Waals surface area contributed by atoms with Crippen molar-refractivity contribution in [1.82, 2.24) is 9.88 Å². The summed E-state index contributed by atoms with van der Waals surface area (Å²) in [6.07, 6.45) is 3.73. The van der Waals surface area contributed by atoms with Crippen LogP contribution < -0.4 is 9.47 Å². The standard InChI is InChI=1S/C16H16N2O3S/c19-16(15-14-13(10-22-15)20-8-9-21-14)18-7-3-5-12(18)11-4-1-2-6-17-11/h1-2,4,6,10,12H,3,5,7-9H2/t12-/m1/s1. The summed E-state index contributed by atoms with van der Waals surface area (Å²) in [5.74, 6) is 1.31. The van der Waals surface area contributed by atoms with Crippen molar-refractivity contribution in [3.05, 3.63) is 40.3 Å². The fraction of sp³-hybridized carbons (Fsp3) is 0.375. The first-order chi connectivity index (χ1) is 10.8. The van der Waals surface area contributed by atoms with E-state index in [2.05, 4.69) is 4.98 Å². The molecule has 5 nitrogen and oxygen atoms in total. The SMILES string of the molecule is O=C(c1scc2c1OCCO2)N1CCC[C@@H]1c1ccccn1. The Morgan fingerprint density at radius 2 is 2.23 bits per heavy atom. The van der Waals surface area contributed by atoms with Crippen molar-refractivity contribution in [2.24, 2.45) is 0 Å². The Bertz CT molecular complexity index is 686. The molecule has 1 saturated heterocycles. The van der Waals surface area contributed by atoms with Gasteiger partial charge in [0.25, 0.3) is 5.91 Å². The number of hydrogen-bond donors (Lipinski definition) is 0. The van der Waals surface area contributed by atoms with E-state index in [1.807, 2.05) is 28.5 Å². The summed E-state index contributed by atoms with van der Waals surface area (Å²) < 4.78 is 11.2. The van der Waals surface area contributed by atoms with Crippen molar-refractivity contribution >= 4 is 17.2 Å². The van der Waals surface area contributed by atoms with E-state index >= 15 is 0 Å². The average molecular weight is 316 g/mol. The number of rotatable bonds is 2. The molecule has 1 atom stereocenters. The molecule has 2 aromatic rings. The van der Waals surface area contributed by atoms with Gasteiger partial charge in [0.15, 0.2) is 11.5 Å². The minimum absolute atomic E-state index is 0.0184. The van der Waals surface area contributed by atoms with Crippen LogP contribution in [0.1, 0.15) is 34.2 Å². The number of fused-ring (bicyclic) bond motifs is 1.